The molecule has 0 radical (unpaired) electrons. The smallest absolute Gasteiger partial charge is 0.416 e. The van der Waals surface area contributed by atoms with Crippen LogP contribution in [0.15, 0.2) is 36.4 Å². The van der Waals surface area contributed by atoms with E-state index in [-0.39, 0.29) is 30.4 Å². The van der Waals surface area contributed by atoms with E-state index in [1.54, 1.807) is 6.92 Å². The Kier molecular flexibility index (Phi) is 6.32. The lowest BCUT2D eigenvalue weighted by molar-refractivity contribution is -0.138. The number of rotatable bonds is 6. The third-order valence-corrected chi connectivity index (χ3v) is 6.45. The summed E-state index contributed by atoms with van der Waals surface area (Å²) in [4.78, 5) is 11.6. The number of hydrogen-bond acceptors (Lipinski definition) is 4. The van der Waals surface area contributed by atoms with E-state index in [1.807, 2.05) is 4.57 Å². The van der Waals surface area contributed by atoms with Crippen LogP contribution in [0.4, 0.5) is 17.6 Å². The summed E-state index contributed by atoms with van der Waals surface area (Å²) >= 11 is 0.0575. The molecule has 0 saturated carbocycles. The summed E-state index contributed by atoms with van der Waals surface area (Å²) < 4.78 is 69.8. The molecule has 3 aromatic rings. The molecule has 0 saturated heterocycles. The van der Waals surface area contributed by atoms with Crippen molar-refractivity contribution in [1.29, 1.82) is 0 Å². The first-order valence-electron chi connectivity index (χ1n) is 10.3. The van der Waals surface area contributed by atoms with Gasteiger partial charge in [-0.2, -0.15) is 13.2 Å². The Bertz CT molecular complexity index is 1190. The van der Waals surface area contributed by atoms with Gasteiger partial charge in [0.05, 0.1) is 23.5 Å². The van der Waals surface area contributed by atoms with Gasteiger partial charge >= 0.3 is 12.1 Å². The first-order chi connectivity index (χ1) is 15.6. The highest BCUT2D eigenvalue weighted by molar-refractivity contribution is 7.89. The van der Waals surface area contributed by atoms with Crippen molar-refractivity contribution in [3.05, 3.63) is 64.6 Å². The standard InChI is InChI=1S/C23H21F4NO4S/c1-12(13-5-7-15(8-6-13)23(25,26)27)28-21-14(9-20(29)30)3-2-4-17(21)18-10-16(24)11-19(22(18)28)32-33-31/h5-8,10-12,14,31H,2-4,9H2,1H3,(H,29,30)/t12-,14+/m0/s1. The van der Waals surface area contributed by atoms with Gasteiger partial charge < -0.3 is 13.9 Å². The number of aryl methyl sites for hydroxylation is 1. The molecule has 33 heavy (non-hydrogen) atoms. The zero-order chi connectivity index (χ0) is 23.9. The minimum Gasteiger partial charge on any atom is -0.481 e. The van der Waals surface area contributed by atoms with E-state index in [1.165, 1.54) is 18.2 Å². The molecule has 2 aromatic carbocycles. The molecule has 1 heterocycles. The summed E-state index contributed by atoms with van der Waals surface area (Å²) in [5, 5.41) is 10.0. The molecule has 2 atom stereocenters. The summed E-state index contributed by atoms with van der Waals surface area (Å²) in [5.41, 5.74) is 1.77. The molecule has 1 aromatic heterocycles. The average Bonchev–Trinajstić information content (AvgIpc) is 3.08. The third kappa shape index (κ3) is 4.41. The zero-order valence-corrected chi connectivity index (χ0v) is 18.3. The number of halogens is 4. The summed E-state index contributed by atoms with van der Waals surface area (Å²) in [6.45, 7) is 1.79. The average molecular weight is 483 g/mol. The van der Waals surface area contributed by atoms with Crippen LogP contribution in [-0.2, 0) is 17.4 Å². The number of carboxylic acids is 1. The summed E-state index contributed by atoms with van der Waals surface area (Å²) in [5.74, 6) is -1.84. The van der Waals surface area contributed by atoms with E-state index < -0.39 is 29.6 Å². The number of aromatic nitrogens is 1. The third-order valence-electron chi connectivity index (χ3n) is 6.20. The van der Waals surface area contributed by atoms with Gasteiger partial charge in [0, 0.05) is 23.1 Å². The molecule has 2 N–H and O–H groups in total. The Morgan fingerprint density at radius 1 is 1.27 bits per heavy atom. The molecule has 10 heteroatoms. The molecular weight excluding hydrogens is 462 g/mol. The van der Waals surface area contributed by atoms with Crippen LogP contribution in [0.5, 0.6) is 5.75 Å². The monoisotopic (exact) mass is 483 g/mol. The first-order valence-corrected chi connectivity index (χ1v) is 11.0. The van der Waals surface area contributed by atoms with E-state index in [9.17, 15) is 32.0 Å². The Labute approximate surface area is 191 Å². The number of benzene rings is 2. The fraction of sp³-hybridized carbons (Fsp3) is 0.348. The van der Waals surface area contributed by atoms with Crippen LogP contribution in [0.3, 0.4) is 0 Å². The maximum atomic E-state index is 14.4. The molecule has 0 unspecified atom stereocenters. The van der Waals surface area contributed by atoms with E-state index in [2.05, 4.69) is 0 Å². The summed E-state index contributed by atoms with van der Waals surface area (Å²) in [6.07, 6.45) is -2.66. The molecule has 4 rings (SSSR count). The van der Waals surface area contributed by atoms with Crippen LogP contribution in [0, 0.1) is 5.82 Å². The minimum atomic E-state index is -4.47. The molecule has 0 spiro atoms. The summed E-state index contributed by atoms with van der Waals surface area (Å²) in [6, 6.07) is 6.72. The number of alkyl halides is 3. The second kappa shape index (κ2) is 8.90. The topological polar surface area (TPSA) is 71.7 Å². The molecule has 0 amide bonds. The van der Waals surface area contributed by atoms with E-state index in [0.717, 1.165) is 30.2 Å². The van der Waals surface area contributed by atoms with Gasteiger partial charge in [-0.1, -0.05) is 12.1 Å². The minimum absolute atomic E-state index is 0.0553. The summed E-state index contributed by atoms with van der Waals surface area (Å²) in [7, 11) is 0. The van der Waals surface area contributed by atoms with Crippen molar-refractivity contribution in [2.75, 3.05) is 0 Å². The van der Waals surface area contributed by atoms with Crippen molar-refractivity contribution >= 4 is 29.2 Å². The van der Waals surface area contributed by atoms with Gasteiger partial charge in [-0.15, -0.1) is 0 Å². The molecule has 176 valence electrons. The van der Waals surface area contributed by atoms with Crippen molar-refractivity contribution in [2.45, 2.75) is 50.7 Å². The van der Waals surface area contributed by atoms with Crippen LogP contribution in [0.2, 0.25) is 0 Å². The lowest BCUT2D eigenvalue weighted by Crippen LogP contribution is -2.19. The highest BCUT2D eigenvalue weighted by Crippen LogP contribution is 2.46. The lowest BCUT2D eigenvalue weighted by Gasteiger charge is -2.28. The van der Waals surface area contributed by atoms with Crippen molar-refractivity contribution in [2.24, 2.45) is 0 Å². The van der Waals surface area contributed by atoms with Gasteiger partial charge in [-0.3, -0.25) is 9.35 Å². The van der Waals surface area contributed by atoms with Crippen LogP contribution in [0.1, 0.15) is 60.5 Å². The maximum Gasteiger partial charge on any atom is 0.416 e. The predicted octanol–water partition coefficient (Wildman–Crippen LogP) is 6.80. The Balaban J connectivity index is 1.96. The highest BCUT2D eigenvalue weighted by Gasteiger charge is 2.34. The van der Waals surface area contributed by atoms with Crippen LogP contribution >= 0.6 is 12.3 Å². The number of carbonyl (C=O) groups is 1. The second-order valence-electron chi connectivity index (χ2n) is 8.17. The molecule has 1 aliphatic rings. The molecule has 0 aliphatic heterocycles. The van der Waals surface area contributed by atoms with Crippen LogP contribution in [0.25, 0.3) is 10.9 Å². The Morgan fingerprint density at radius 3 is 2.58 bits per heavy atom. The second-order valence-corrected chi connectivity index (χ2v) is 8.49. The van der Waals surface area contributed by atoms with Gasteiger partial charge in [0.1, 0.15) is 5.82 Å². The highest BCUT2D eigenvalue weighted by atomic mass is 32.2. The van der Waals surface area contributed by atoms with Gasteiger partial charge in [-0.25, -0.2) is 4.39 Å². The molecule has 0 fully saturated rings. The Morgan fingerprint density at radius 2 is 1.97 bits per heavy atom. The van der Waals surface area contributed by atoms with E-state index in [0.29, 0.717) is 35.0 Å². The number of fused-ring (bicyclic) bond motifs is 3. The molecule has 0 bridgehead atoms. The van der Waals surface area contributed by atoms with Crippen LogP contribution < -0.4 is 4.18 Å². The van der Waals surface area contributed by atoms with Gasteiger partial charge in [0.25, 0.3) is 0 Å². The van der Waals surface area contributed by atoms with Crippen molar-refractivity contribution < 1.29 is 36.2 Å². The van der Waals surface area contributed by atoms with Crippen molar-refractivity contribution in [1.82, 2.24) is 4.57 Å². The fourth-order valence-electron chi connectivity index (χ4n) is 4.84. The number of carboxylic acid groups (broad SMARTS) is 1. The molecule has 1 aliphatic carbocycles. The maximum absolute atomic E-state index is 14.4. The SMILES string of the molecule is C[C@@H](c1ccc(C(F)(F)F)cc1)n1c2c(c3cc(F)cc(OSO)c31)CCC[C@@H]2CC(=O)O. The largest absolute Gasteiger partial charge is 0.481 e. The van der Waals surface area contributed by atoms with Gasteiger partial charge in [0.15, 0.2) is 5.75 Å². The number of nitrogens with zero attached hydrogens (tertiary/aromatic N) is 1. The van der Waals surface area contributed by atoms with Gasteiger partial charge in [-0.05, 0) is 55.5 Å². The van der Waals surface area contributed by atoms with E-state index >= 15 is 0 Å². The zero-order valence-electron chi connectivity index (χ0n) is 17.5. The lowest BCUT2D eigenvalue weighted by atomic mass is 9.84. The van der Waals surface area contributed by atoms with Crippen molar-refractivity contribution in [3.8, 4) is 5.75 Å². The Hall–Kier alpha value is -2.72. The fourth-order valence-corrected chi connectivity index (χ4v) is 5.05. The number of hydrogen-bond donors (Lipinski definition) is 2. The van der Waals surface area contributed by atoms with Crippen molar-refractivity contribution in [3.63, 3.8) is 0 Å². The normalized spacial score (nSPS) is 17.1. The van der Waals surface area contributed by atoms with Gasteiger partial charge in [0.2, 0.25) is 12.3 Å². The first kappa shape index (κ1) is 23.4. The van der Waals surface area contributed by atoms with Crippen LogP contribution in [-0.4, -0.2) is 20.2 Å². The predicted molar refractivity (Wildman–Crippen MR) is 116 cm³/mol. The number of aliphatic carboxylic acids is 1. The molecule has 5 nitrogen and oxygen atoms in total. The molecular formula is C23H21F4NO4S. The quantitative estimate of drug-likeness (QED) is 0.298. The van der Waals surface area contributed by atoms with E-state index in [4.69, 9.17) is 4.18 Å².